The summed E-state index contributed by atoms with van der Waals surface area (Å²) in [6, 6.07) is 9.26. The molecule has 1 aromatic carbocycles. The van der Waals surface area contributed by atoms with Crippen LogP contribution in [0.3, 0.4) is 0 Å². The summed E-state index contributed by atoms with van der Waals surface area (Å²) in [6.45, 7) is 0. The van der Waals surface area contributed by atoms with Crippen molar-refractivity contribution in [2.45, 2.75) is 0 Å². The lowest BCUT2D eigenvalue weighted by Crippen LogP contribution is -1.94. The van der Waals surface area contributed by atoms with Gasteiger partial charge in [-0.2, -0.15) is 5.10 Å². The largest absolute Gasteiger partial charge is 0.497 e. The van der Waals surface area contributed by atoms with Gasteiger partial charge in [-0.3, -0.25) is 4.79 Å². The van der Waals surface area contributed by atoms with Gasteiger partial charge < -0.3 is 4.74 Å². The van der Waals surface area contributed by atoms with Crippen LogP contribution in [0.2, 0.25) is 4.34 Å². The number of hydrogen-bond acceptors (Lipinski definition) is 4. The number of ether oxygens (including phenoxy) is 1. The van der Waals surface area contributed by atoms with Gasteiger partial charge in [0.15, 0.2) is 6.29 Å². The van der Waals surface area contributed by atoms with Crippen molar-refractivity contribution in [3.8, 4) is 22.7 Å². The zero-order valence-electron chi connectivity index (χ0n) is 11.1. The molecule has 106 valence electrons. The van der Waals surface area contributed by atoms with E-state index < -0.39 is 0 Å². The van der Waals surface area contributed by atoms with E-state index in [2.05, 4.69) is 5.10 Å². The predicted molar refractivity (Wildman–Crippen MR) is 83.8 cm³/mol. The first-order chi connectivity index (χ1) is 10.2. The molecule has 6 heteroatoms. The molecule has 21 heavy (non-hydrogen) atoms. The van der Waals surface area contributed by atoms with Crippen molar-refractivity contribution in [2.75, 3.05) is 7.11 Å². The Balaban J connectivity index is 2.04. The topological polar surface area (TPSA) is 44.1 Å². The van der Waals surface area contributed by atoms with Gasteiger partial charge in [0.1, 0.15) is 11.4 Å². The normalized spacial score (nSPS) is 10.6. The Morgan fingerprint density at radius 3 is 2.67 bits per heavy atom. The molecule has 0 N–H and O–H groups in total. The Morgan fingerprint density at radius 2 is 2.10 bits per heavy atom. The van der Waals surface area contributed by atoms with E-state index in [-0.39, 0.29) is 0 Å². The number of carbonyl (C=O) groups excluding carboxylic acids is 1. The van der Waals surface area contributed by atoms with Gasteiger partial charge in [0.25, 0.3) is 0 Å². The van der Waals surface area contributed by atoms with Crippen LogP contribution in [-0.4, -0.2) is 23.2 Å². The molecule has 0 fully saturated rings. The molecule has 0 bridgehead atoms. The summed E-state index contributed by atoms with van der Waals surface area (Å²) in [5.74, 6) is 0.770. The van der Waals surface area contributed by atoms with Crippen LogP contribution in [0.5, 0.6) is 5.75 Å². The fourth-order valence-electron chi connectivity index (χ4n) is 2.00. The zero-order chi connectivity index (χ0) is 14.8. The van der Waals surface area contributed by atoms with Crippen molar-refractivity contribution >= 4 is 29.2 Å². The second-order valence-corrected chi connectivity index (χ2v) is 5.88. The van der Waals surface area contributed by atoms with Gasteiger partial charge in [0.05, 0.1) is 22.7 Å². The second kappa shape index (κ2) is 5.71. The number of aldehydes is 1. The average molecular weight is 319 g/mol. The van der Waals surface area contributed by atoms with E-state index in [9.17, 15) is 4.79 Å². The molecule has 2 aromatic heterocycles. The number of methoxy groups -OCH3 is 1. The van der Waals surface area contributed by atoms with Gasteiger partial charge in [-0.25, -0.2) is 4.68 Å². The van der Waals surface area contributed by atoms with Gasteiger partial charge in [-0.05, 0) is 30.3 Å². The number of carbonyl (C=O) groups is 1. The Kier molecular flexibility index (Phi) is 3.77. The highest BCUT2D eigenvalue weighted by Crippen LogP contribution is 2.30. The van der Waals surface area contributed by atoms with Crippen molar-refractivity contribution in [3.05, 3.63) is 51.8 Å². The number of thiophene rings is 1. The van der Waals surface area contributed by atoms with E-state index in [1.54, 1.807) is 24.1 Å². The van der Waals surface area contributed by atoms with Crippen molar-refractivity contribution in [1.29, 1.82) is 0 Å². The van der Waals surface area contributed by atoms with Gasteiger partial charge in [0, 0.05) is 17.1 Å². The third-order valence-electron chi connectivity index (χ3n) is 3.05. The summed E-state index contributed by atoms with van der Waals surface area (Å²) in [4.78, 5) is 11.2. The molecule has 0 atom stereocenters. The highest BCUT2D eigenvalue weighted by molar-refractivity contribution is 7.14. The maximum absolute atomic E-state index is 11.2. The molecule has 0 aliphatic heterocycles. The highest BCUT2D eigenvalue weighted by Gasteiger charge is 2.13. The van der Waals surface area contributed by atoms with E-state index in [1.165, 1.54) is 11.3 Å². The third kappa shape index (κ3) is 2.70. The first kappa shape index (κ1) is 13.9. The number of aromatic nitrogens is 2. The highest BCUT2D eigenvalue weighted by atomic mass is 35.5. The Bertz CT molecular complexity index is 777. The minimum atomic E-state index is 0.528. The fourth-order valence-corrected chi connectivity index (χ4v) is 2.86. The monoisotopic (exact) mass is 318 g/mol. The van der Waals surface area contributed by atoms with Crippen molar-refractivity contribution < 1.29 is 9.53 Å². The lowest BCUT2D eigenvalue weighted by molar-refractivity contribution is 0.112. The second-order valence-electron chi connectivity index (χ2n) is 4.33. The van der Waals surface area contributed by atoms with E-state index in [0.29, 0.717) is 15.6 Å². The third-order valence-corrected chi connectivity index (χ3v) is 4.14. The van der Waals surface area contributed by atoms with E-state index in [0.717, 1.165) is 23.3 Å². The minimum Gasteiger partial charge on any atom is -0.497 e. The standard InChI is InChI=1S/C15H11ClN2O2S/c1-20-13-4-2-12(3-5-13)18-7-11(8-19)15(17-18)10-6-14(16)21-9-10/h2-9H,1H3. The molecule has 0 unspecified atom stereocenters. The Morgan fingerprint density at radius 1 is 1.33 bits per heavy atom. The van der Waals surface area contributed by atoms with Crippen LogP contribution in [0, 0.1) is 0 Å². The number of hydrogen-bond donors (Lipinski definition) is 0. The van der Waals surface area contributed by atoms with Crippen LogP contribution in [0.1, 0.15) is 10.4 Å². The lowest BCUT2D eigenvalue weighted by Gasteiger charge is -2.03. The number of benzene rings is 1. The predicted octanol–water partition coefficient (Wildman–Crippen LogP) is 4.08. The molecule has 3 rings (SSSR count). The SMILES string of the molecule is COc1ccc(-n2cc(C=O)c(-c3csc(Cl)c3)n2)cc1. The first-order valence-corrected chi connectivity index (χ1v) is 7.40. The van der Waals surface area contributed by atoms with Crippen LogP contribution in [0.4, 0.5) is 0 Å². The summed E-state index contributed by atoms with van der Waals surface area (Å²) in [5.41, 5.74) is 2.86. The molecule has 2 heterocycles. The first-order valence-electron chi connectivity index (χ1n) is 6.15. The van der Waals surface area contributed by atoms with Gasteiger partial charge >= 0.3 is 0 Å². The van der Waals surface area contributed by atoms with Crippen molar-refractivity contribution in [1.82, 2.24) is 9.78 Å². The van der Waals surface area contributed by atoms with Gasteiger partial charge in [0.2, 0.25) is 0 Å². The molecule has 3 aromatic rings. The summed E-state index contributed by atoms with van der Waals surface area (Å²) < 4.78 is 7.47. The Hall–Kier alpha value is -2.11. The molecular formula is C15H11ClN2O2S. The average Bonchev–Trinajstić information content (AvgIpc) is 3.13. The summed E-state index contributed by atoms with van der Waals surface area (Å²) in [5, 5.41) is 6.37. The minimum absolute atomic E-state index is 0.528. The van der Waals surface area contributed by atoms with Crippen molar-refractivity contribution in [2.24, 2.45) is 0 Å². The zero-order valence-corrected chi connectivity index (χ0v) is 12.7. The fraction of sp³-hybridized carbons (Fsp3) is 0.0667. The van der Waals surface area contributed by atoms with Crippen LogP contribution in [-0.2, 0) is 0 Å². The lowest BCUT2D eigenvalue weighted by atomic mass is 10.2. The molecule has 0 amide bonds. The molecular weight excluding hydrogens is 308 g/mol. The molecule has 0 aliphatic rings. The van der Waals surface area contributed by atoms with Gasteiger partial charge in [-0.15, -0.1) is 11.3 Å². The van der Waals surface area contributed by atoms with Crippen LogP contribution < -0.4 is 4.74 Å². The molecule has 4 nitrogen and oxygen atoms in total. The molecule has 0 radical (unpaired) electrons. The number of nitrogens with zero attached hydrogens (tertiary/aromatic N) is 2. The van der Waals surface area contributed by atoms with Gasteiger partial charge in [-0.1, -0.05) is 11.6 Å². The molecule has 0 saturated carbocycles. The van der Waals surface area contributed by atoms with E-state index in [1.807, 2.05) is 29.6 Å². The van der Waals surface area contributed by atoms with Crippen LogP contribution >= 0.6 is 22.9 Å². The summed E-state index contributed by atoms with van der Waals surface area (Å²) in [7, 11) is 1.62. The molecule has 0 saturated heterocycles. The van der Waals surface area contributed by atoms with Crippen molar-refractivity contribution in [3.63, 3.8) is 0 Å². The maximum atomic E-state index is 11.2. The molecule has 0 aliphatic carbocycles. The number of rotatable bonds is 4. The van der Waals surface area contributed by atoms with E-state index >= 15 is 0 Å². The molecule has 0 spiro atoms. The maximum Gasteiger partial charge on any atom is 0.153 e. The van der Waals surface area contributed by atoms with Crippen LogP contribution in [0.15, 0.2) is 41.9 Å². The Labute approximate surface area is 130 Å². The van der Waals surface area contributed by atoms with Crippen LogP contribution in [0.25, 0.3) is 16.9 Å². The summed E-state index contributed by atoms with van der Waals surface area (Å²) >= 11 is 7.36. The van der Waals surface area contributed by atoms with E-state index in [4.69, 9.17) is 16.3 Å². The quantitative estimate of drug-likeness (QED) is 0.681. The smallest absolute Gasteiger partial charge is 0.153 e. The summed E-state index contributed by atoms with van der Waals surface area (Å²) in [6.07, 6.45) is 2.50. The number of halogens is 1.